The van der Waals surface area contributed by atoms with Crippen LogP contribution in [0, 0.1) is 20.8 Å². The lowest BCUT2D eigenvalue weighted by atomic mass is 10.1. The molecule has 0 saturated carbocycles. The highest BCUT2D eigenvalue weighted by molar-refractivity contribution is 9.10. The molecule has 0 aliphatic carbocycles. The first kappa shape index (κ1) is 23.2. The standard InChI is InChI=1S/C25H23BrN4O2S/c1-14-10-15(2)23(16(3)11-14)30-24-21(6-5-9-27-24)29-25(30)33-13-22(32)28-20-8-7-18(17(4)31)12-19(20)26/h5-12H,13H2,1-4H3,(H,28,32). The maximum atomic E-state index is 12.7. The fourth-order valence-corrected chi connectivity index (χ4v) is 5.15. The average Bonchev–Trinajstić information content (AvgIpc) is 3.11. The molecule has 2 heterocycles. The molecule has 0 aliphatic rings. The molecule has 6 nitrogen and oxygen atoms in total. The third kappa shape index (κ3) is 4.86. The van der Waals surface area contributed by atoms with Crippen LogP contribution in [0.4, 0.5) is 5.69 Å². The third-order valence-electron chi connectivity index (χ3n) is 5.23. The van der Waals surface area contributed by atoms with Crippen LogP contribution in [0.15, 0.2) is 58.3 Å². The van der Waals surface area contributed by atoms with Gasteiger partial charge in [0.2, 0.25) is 5.91 Å². The van der Waals surface area contributed by atoms with E-state index in [0.717, 1.165) is 28.0 Å². The number of nitrogens with zero attached hydrogens (tertiary/aromatic N) is 3. The van der Waals surface area contributed by atoms with Crippen LogP contribution >= 0.6 is 27.7 Å². The first-order chi connectivity index (χ1) is 15.7. The molecule has 0 unspecified atom stereocenters. The molecule has 0 bridgehead atoms. The normalized spacial score (nSPS) is 11.1. The van der Waals surface area contributed by atoms with Crippen LogP contribution in [0.3, 0.4) is 0 Å². The van der Waals surface area contributed by atoms with Crippen LogP contribution in [0.25, 0.3) is 16.9 Å². The van der Waals surface area contributed by atoms with Crippen molar-refractivity contribution in [2.24, 2.45) is 0 Å². The first-order valence-corrected chi connectivity index (χ1v) is 12.2. The molecule has 2 aromatic heterocycles. The van der Waals surface area contributed by atoms with Gasteiger partial charge in [-0.15, -0.1) is 0 Å². The molecule has 0 atom stereocenters. The Bertz CT molecular complexity index is 1370. The van der Waals surface area contributed by atoms with Crippen LogP contribution < -0.4 is 5.32 Å². The van der Waals surface area contributed by atoms with Crippen molar-refractivity contribution in [3.8, 4) is 5.69 Å². The van der Waals surface area contributed by atoms with E-state index in [1.54, 1.807) is 24.4 Å². The Labute approximate surface area is 205 Å². The molecule has 1 amide bonds. The minimum absolute atomic E-state index is 0.0293. The van der Waals surface area contributed by atoms with Crippen LogP contribution in [0.1, 0.15) is 34.0 Å². The molecule has 8 heteroatoms. The molecule has 0 fully saturated rings. The van der Waals surface area contributed by atoms with Crippen molar-refractivity contribution in [3.05, 3.63) is 75.4 Å². The number of Topliss-reactive ketones (excluding diaryl/α,β-unsaturated/α-hetero) is 1. The zero-order valence-electron chi connectivity index (χ0n) is 18.8. The Hall–Kier alpha value is -2.97. The number of hydrogen-bond donors (Lipinski definition) is 1. The van der Waals surface area contributed by atoms with Gasteiger partial charge in [-0.2, -0.15) is 0 Å². The summed E-state index contributed by atoms with van der Waals surface area (Å²) in [4.78, 5) is 33.6. The minimum atomic E-state index is -0.166. The number of hydrogen-bond acceptors (Lipinski definition) is 5. The van der Waals surface area contributed by atoms with Crippen molar-refractivity contribution in [1.29, 1.82) is 0 Å². The maximum Gasteiger partial charge on any atom is 0.234 e. The Morgan fingerprint density at radius 3 is 2.48 bits per heavy atom. The van der Waals surface area contributed by atoms with E-state index in [1.165, 1.54) is 24.2 Å². The smallest absolute Gasteiger partial charge is 0.234 e. The number of nitrogens with one attached hydrogen (secondary N) is 1. The number of halogens is 1. The highest BCUT2D eigenvalue weighted by Gasteiger charge is 2.19. The average molecular weight is 523 g/mol. The summed E-state index contributed by atoms with van der Waals surface area (Å²) in [5, 5.41) is 3.61. The summed E-state index contributed by atoms with van der Waals surface area (Å²) in [6, 6.07) is 13.2. The predicted octanol–water partition coefficient (Wildman–Crippen LogP) is 6.04. The third-order valence-corrected chi connectivity index (χ3v) is 6.82. The van der Waals surface area contributed by atoms with Crippen LogP contribution in [0.2, 0.25) is 0 Å². The molecule has 4 aromatic rings. The monoisotopic (exact) mass is 522 g/mol. The predicted molar refractivity (Wildman–Crippen MR) is 137 cm³/mol. The number of rotatable bonds is 6. The van der Waals surface area contributed by atoms with E-state index in [2.05, 4.69) is 59.1 Å². The Morgan fingerprint density at radius 1 is 1.09 bits per heavy atom. The van der Waals surface area contributed by atoms with Gasteiger partial charge in [-0.3, -0.25) is 14.2 Å². The number of benzene rings is 2. The summed E-state index contributed by atoms with van der Waals surface area (Å²) in [6.07, 6.45) is 1.75. The number of thioether (sulfide) groups is 1. The lowest BCUT2D eigenvalue weighted by molar-refractivity contribution is -0.113. The van der Waals surface area contributed by atoms with Crippen LogP contribution in [-0.2, 0) is 4.79 Å². The largest absolute Gasteiger partial charge is 0.324 e. The molecule has 1 N–H and O–H groups in total. The molecule has 33 heavy (non-hydrogen) atoms. The zero-order chi connectivity index (χ0) is 23.7. The fourth-order valence-electron chi connectivity index (χ4n) is 3.87. The number of ketones is 1. The number of pyridine rings is 1. The number of aryl methyl sites for hydroxylation is 3. The molecule has 2 aromatic carbocycles. The number of carbonyl (C=O) groups excluding carboxylic acids is 2. The van der Waals surface area contributed by atoms with E-state index < -0.39 is 0 Å². The number of aromatic nitrogens is 3. The zero-order valence-corrected chi connectivity index (χ0v) is 21.2. The number of fused-ring (bicyclic) bond motifs is 1. The van der Waals surface area contributed by atoms with Gasteiger partial charge in [0.15, 0.2) is 16.6 Å². The van der Waals surface area contributed by atoms with E-state index in [0.29, 0.717) is 20.9 Å². The summed E-state index contributed by atoms with van der Waals surface area (Å²) >= 11 is 4.79. The van der Waals surface area contributed by atoms with Crippen molar-refractivity contribution in [2.45, 2.75) is 32.9 Å². The molecular formula is C25H23BrN4O2S. The Morgan fingerprint density at radius 2 is 1.82 bits per heavy atom. The van der Waals surface area contributed by atoms with Gasteiger partial charge in [-0.1, -0.05) is 29.5 Å². The Balaban J connectivity index is 1.62. The summed E-state index contributed by atoms with van der Waals surface area (Å²) in [7, 11) is 0. The van der Waals surface area contributed by atoms with Crippen LogP contribution in [0.5, 0.6) is 0 Å². The summed E-state index contributed by atoms with van der Waals surface area (Å²) in [5.41, 5.74) is 7.22. The second-order valence-electron chi connectivity index (χ2n) is 7.91. The van der Waals surface area contributed by atoms with E-state index in [9.17, 15) is 9.59 Å². The number of imidazole rings is 1. The molecule has 0 spiro atoms. The van der Waals surface area contributed by atoms with Crippen molar-refractivity contribution < 1.29 is 9.59 Å². The number of anilines is 1. The second kappa shape index (κ2) is 9.49. The fraction of sp³-hybridized carbons (Fsp3) is 0.200. The topological polar surface area (TPSA) is 76.9 Å². The first-order valence-electron chi connectivity index (χ1n) is 10.4. The van der Waals surface area contributed by atoms with Gasteiger partial charge in [0.1, 0.15) is 5.52 Å². The van der Waals surface area contributed by atoms with Crippen LogP contribution in [-0.4, -0.2) is 32.0 Å². The van der Waals surface area contributed by atoms with Gasteiger partial charge in [0.05, 0.1) is 17.1 Å². The summed E-state index contributed by atoms with van der Waals surface area (Å²) < 4.78 is 2.70. The Kier molecular flexibility index (Phi) is 6.67. The van der Waals surface area contributed by atoms with Crippen molar-refractivity contribution in [1.82, 2.24) is 14.5 Å². The molecule has 168 valence electrons. The SMILES string of the molecule is CC(=O)c1ccc(NC(=O)CSc2nc3cccnc3n2-c2c(C)cc(C)cc2C)c(Br)c1. The highest BCUT2D eigenvalue weighted by Crippen LogP contribution is 2.31. The maximum absolute atomic E-state index is 12.7. The van der Waals surface area contributed by atoms with Crippen molar-refractivity contribution in [2.75, 3.05) is 11.1 Å². The van der Waals surface area contributed by atoms with Gasteiger partial charge in [0, 0.05) is 16.2 Å². The van der Waals surface area contributed by atoms with Gasteiger partial charge in [0.25, 0.3) is 0 Å². The van der Waals surface area contributed by atoms with E-state index >= 15 is 0 Å². The quantitative estimate of drug-likeness (QED) is 0.246. The van der Waals surface area contributed by atoms with Gasteiger partial charge in [-0.05, 0) is 85.1 Å². The summed E-state index contributed by atoms with van der Waals surface area (Å²) in [6.45, 7) is 7.74. The van der Waals surface area contributed by atoms with E-state index in [1.807, 2.05) is 16.7 Å². The van der Waals surface area contributed by atoms with Gasteiger partial charge in [-0.25, -0.2) is 9.97 Å². The van der Waals surface area contributed by atoms with Gasteiger partial charge >= 0.3 is 0 Å². The molecule has 0 aliphatic heterocycles. The van der Waals surface area contributed by atoms with E-state index in [4.69, 9.17) is 4.98 Å². The second-order valence-corrected chi connectivity index (χ2v) is 9.71. The molecule has 0 radical (unpaired) electrons. The minimum Gasteiger partial charge on any atom is -0.324 e. The molecule has 4 rings (SSSR count). The van der Waals surface area contributed by atoms with E-state index in [-0.39, 0.29) is 17.4 Å². The van der Waals surface area contributed by atoms with Crippen molar-refractivity contribution in [3.63, 3.8) is 0 Å². The molecular weight excluding hydrogens is 500 g/mol. The molecule has 0 saturated heterocycles. The summed E-state index contributed by atoms with van der Waals surface area (Å²) in [5.74, 6) is -0.0210. The van der Waals surface area contributed by atoms with Gasteiger partial charge < -0.3 is 5.32 Å². The number of carbonyl (C=O) groups is 2. The lowest BCUT2D eigenvalue weighted by Gasteiger charge is -2.15. The van der Waals surface area contributed by atoms with Crippen molar-refractivity contribution >= 4 is 56.2 Å². The number of amides is 1. The highest BCUT2D eigenvalue weighted by atomic mass is 79.9. The lowest BCUT2D eigenvalue weighted by Crippen LogP contribution is -2.15.